The summed E-state index contributed by atoms with van der Waals surface area (Å²) in [6, 6.07) is 1.08. The molecule has 1 saturated heterocycles. The molecule has 0 bridgehead atoms. The lowest BCUT2D eigenvalue weighted by Crippen LogP contribution is -2.38. The molecule has 3 aromatic heterocycles. The van der Waals surface area contributed by atoms with E-state index >= 15 is 0 Å². The van der Waals surface area contributed by atoms with Gasteiger partial charge in [0, 0.05) is 37.4 Å². The van der Waals surface area contributed by atoms with E-state index < -0.39 is 11.7 Å². The first-order valence-electron chi connectivity index (χ1n) is 9.85. The third kappa shape index (κ3) is 3.44. The molecule has 1 aliphatic rings. The van der Waals surface area contributed by atoms with Crippen LogP contribution in [0.2, 0.25) is 0 Å². The van der Waals surface area contributed by atoms with Gasteiger partial charge in [-0.3, -0.25) is 9.48 Å². The van der Waals surface area contributed by atoms with Crippen molar-refractivity contribution in [1.82, 2.24) is 24.8 Å². The minimum absolute atomic E-state index is 0.0624. The second-order valence-electron chi connectivity index (χ2n) is 7.59. The van der Waals surface area contributed by atoms with Crippen LogP contribution in [0.5, 0.6) is 0 Å². The second-order valence-corrected chi connectivity index (χ2v) is 7.59. The van der Waals surface area contributed by atoms with Crippen molar-refractivity contribution in [2.75, 3.05) is 13.1 Å². The molecule has 4 heterocycles. The first-order valence-corrected chi connectivity index (χ1v) is 9.85. The number of amides is 1. The summed E-state index contributed by atoms with van der Waals surface area (Å²) in [7, 11) is 1.77. The Morgan fingerprint density at radius 2 is 2.00 bits per heavy atom. The molecule has 160 valence electrons. The van der Waals surface area contributed by atoms with Crippen LogP contribution in [-0.2, 0) is 19.6 Å². The highest BCUT2D eigenvalue weighted by molar-refractivity contribution is 5.95. The highest BCUT2D eigenvalue weighted by Gasteiger charge is 2.38. The molecule has 1 fully saturated rings. The average molecular weight is 421 g/mol. The van der Waals surface area contributed by atoms with Crippen molar-refractivity contribution in [2.24, 2.45) is 7.05 Å². The largest absolute Gasteiger partial charge is 0.417 e. The normalized spacial score (nSPS) is 15.9. The molecule has 10 heteroatoms. The van der Waals surface area contributed by atoms with Crippen LogP contribution in [0.4, 0.5) is 13.2 Å². The molecule has 1 aliphatic heterocycles. The van der Waals surface area contributed by atoms with E-state index in [-0.39, 0.29) is 28.6 Å². The number of hydrogen-bond donors (Lipinski definition) is 0. The SMILES string of the molecule is CCc1cc(C(F)(F)F)c2c(C3CCN(C(=O)c4cnn(C)c4C)CC3)noc2n1. The van der Waals surface area contributed by atoms with Crippen LogP contribution in [0.15, 0.2) is 16.8 Å². The summed E-state index contributed by atoms with van der Waals surface area (Å²) in [6.45, 7) is 4.41. The van der Waals surface area contributed by atoms with Crippen LogP contribution >= 0.6 is 0 Å². The Hall–Kier alpha value is -2.91. The molecule has 0 aromatic carbocycles. The van der Waals surface area contributed by atoms with Crippen molar-refractivity contribution >= 4 is 17.0 Å². The van der Waals surface area contributed by atoms with Crippen molar-refractivity contribution in [3.8, 4) is 0 Å². The molecule has 0 spiro atoms. The van der Waals surface area contributed by atoms with E-state index in [1.54, 1.807) is 29.7 Å². The standard InChI is InChI=1S/C20H22F3N5O2/c1-4-13-9-15(20(21,22)23)16-17(26-30-18(16)25-13)12-5-7-28(8-6-12)19(29)14-10-24-27(3)11(14)2/h9-10,12H,4-8H2,1-3H3. The highest BCUT2D eigenvalue weighted by atomic mass is 19.4. The minimum atomic E-state index is -4.53. The zero-order chi connectivity index (χ0) is 21.6. The predicted octanol–water partition coefficient (Wildman–Crippen LogP) is 3.87. The number of pyridine rings is 1. The number of carbonyl (C=O) groups is 1. The van der Waals surface area contributed by atoms with E-state index in [4.69, 9.17) is 4.52 Å². The van der Waals surface area contributed by atoms with Gasteiger partial charge >= 0.3 is 6.18 Å². The van der Waals surface area contributed by atoms with Gasteiger partial charge in [0.15, 0.2) is 0 Å². The van der Waals surface area contributed by atoms with Gasteiger partial charge in [-0.05, 0) is 32.3 Å². The Morgan fingerprint density at radius 1 is 1.30 bits per heavy atom. The number of carbonyl (C=O) groups excluding carboxylic acids is 1. The number of hydrogen-bond acceptors (Lipinski definition) is 5. The summed E-state index contributed by atoms with van der Waals surface area (Å²) >= 11 is 0. The van der Waals surface area contributed by atoms with E-state index in [2.05, 4.69) is 15.2 Å². The Morgan fingerprint density at radius 3 is 2.57 bits per heavy atom. The minimum Gasteiger partial charge on any atom is -0.338 e. The Bertz CT molecular complexity index is 1090. The van der Waals surface area contributed by atoms with Gasteiger partial charge in [-0.25, -0.2) is 4.98 Å². The van der Waals surface area contributed by atoms with Crippen molar-refractivity contribution in [2.45, 2.75) is 45.2 Å². The molecular formula is C20H22F3N5O2. The van der Waals surface area contributed by atoms with Crippen molar-refractivity contribution in [1.29, 1.82) is 0 Å². The topological polar surface area (TPSA) is 77.0 Å². The van der Waals surface area contributed by atoms with E-state index in [1.165, 1.54) is 0 Å². The van der Waals surface area contributed by atoms with Crippen LogP contribution in [0.25, 0.3) is 11.1 Å². The monoisotopic (exact) mass is 421 g/mol. The number of likely N-dealkylation sites (tertiary alicyclic amines) is 1. The molecule has 3 aromatic rings. The number of alkyl halides is 3. The fraction of sp³-hybridized carbons (Fsp3) is 0.500. The number of halogens is 3. The van der Waals surface area contributed by atoms with Gasteiger partial charge in [0.2, 0.25) is 0 Å². The van der Waals surface area contributed by atoms with Crippen LogP contribution < -0.4 is 0 Å². The quantitative estimate of drug-likeness (QED) is 0.642. The smallest absolute Gasteiger partial charge is 0.338 e. The molecule has 0 unspecified atom stereocenters. The number of rotatable bonds is 3. The van der Waals surface area contributed by atoms with Crippen LogP contribution in [0.3, 0.4) is 0 Å². The third-order valence-electron chi connectivity index (χ3n) is 5.83. The molecule has 0 atom stereocenters. The lowest BCUT2D eigenvalue weighted by Gasteiger charge is -2.31. The Labute approximate surface area is 170 Å². The fourth-order valence-electron chi connectivity index (χ4n) is 3.94. The maximum Gasteiger partial charge on any atom is 0.417 e. The summed E-state index contributed by atoms with van der Waals surface area (Å²) in [4.78, 5) is 18.7. The van der Waals surface area contributed by atoms with Gasteiger partial charge in [0.25, 0.3) is 11.6 Å². The lowest BCUT2D eigenvalue weighted by atomic mass is 9.90. The van der Waals surface area contributed by atoms with Gasteiger partial charge in [-0.2, -0.15) is 18.3 Å². The zero-order valence-electron chi connectivity index (χ0n) is 17.0. The number of piperidine rings is 1. The van der Waals surface area contributed by atoms with Gasteiger partial charge in [-0.15, -0.1) is 0 Å². The van der Waals surface area contributed by atoms with Crippen molar-refractivity contribution in [3.63, 3.8) is 0 Å². The molecule has 0 saturated carbocycles. The van der Waals surface area contributed by atoms with E-state index in [0.29, 0.717) is 43.6 Å². The predicted molar refractivity (Wildman–Crippen MR) is 102 cm³/mol. The summed E-state index contributed by atoms with van der Waals surface area (Å²) in [5.41, 5.74) is 1.06. The van der Waals surface area contributed by atoms with E-state index in [0.717, 1.165) is 11.8 Å². The molecule has 1 amide bonds. The molecule has 7 nitrogen and oxygen atoms in total. The number of nitrogens with zero attached hydrogens (tertiary/aromatic N) is 5. The van der Waals surface area contributed by atoms with Crippen molar-refractivity contribution < 1.29 is 22.5 Å². The molecular weight excluding hydrogens is 399 g/mol. The number of aryl methyl sites for hydroxylation is 2. The summed E-state index contributed by atoms with van der Waals surface area (Å²) in [5.74, 6) is -0.352. The van der Waals surface area contributed by atoms with Gasteiger partial charge in [0.05, 0.1) is 28.4 Å². The van der Waals surface area contributed by atoms with Crippen LogP contribution in [-0.4, -0.2) is 43.8 Å². The lowest BCUT2D eigenvalue weighted by molar-refractivity contribution is -0.136. The Kier molecular flexibility index (Phi) is 5.03. The third-order valence-corrected chi connectivity index (χ3v) is 5.83. The molecule has 0 aliphatic carbocycles. The average Bonchev–Trinajstić information content (AvgIpc) is 3.29. The summed E-state index contributed by atoms with van der Waals surface area (Å²) in [6.07, 6.45) is -1.62. The summed E-state index contributed by atoms with van der Waals surface area (Å²) in [5, 5.41) is 8.00. The first kappa shape index (κ1) is 20.4. The second kappa shape index (κ2) is 7.41. The highest BCUT2D eigenvalue weighted by Crippen LogP contribution is 2.40. The molecule has 0 radical (unpaired) electrons. The van der Waals surface area contributed by atoms with Gasteiger partial charge in [-0.1, -0.05) is 12.1 Å². The fourth-order valence-corrected chi connectivity index (χ4v) is 3.94. The van der Waals surface area contributed by atoms with Crippen molar-refractivity contribution in [3.05, 3.63) is 40.5 Å². The van der Waals surface area contributed by atoms with Gasteiger partial charge in [0.1, 0.15) is 0 Å². The van der Waals surface area contributed by atoms with Gasteiger partial charge < -0.3 is 9.42 Å². The molecule has 30 heavy (non-hydrogen) atoms. The van der Waals surface area contributed by atoms with E-state index in [9.17, 15) is 18.0 Å². The first-order chi connectivity index (χ1) is 14.2. The maximum atomic E-state index is 13.7. The van der Waals surface area contributed by atoms with Crippen LogP contribution in [0.1, 0.15) is 58.7 Å². The number of fused-ring (bicyclic) bond motifs is 1. The number of aromatic nitrogens is 4. The van der Waals surface area contributed by atoms with Crippen LogP contribution in [0, 0.1) is 6.92 Å². The maximum absolute atomic E-state index is 13.7. The summed E-state index contributed by atoms with van der Waals surface area (Å²) < 4.78 is 47.9. The zero-order valence-corrected chi connectivity index (χ0v) is 17.0. The Balaban J connectivity index is 1.59. The molecule has 0 N–H and O–H groups in total. The van der Waals surface area contributed by atoms with E-state index in [1.807, 2.05) is 6.92 Å². The molecule has 4 rings (SSSR count).